The third kappa shape index (κ3) is 6.51. The van der Waals surface area contributed by atoms with Crippen molar-refractivity contribution in [3.63, 3.8) is 0 Å². The number of hydrogen-bond acceptors (Lipinski definition) is 6. The highest BCUT2D eigenvalue weighted by atomic mass is 79.9. The summed E-state index contributed by atoms with van der Waals surface area (Å²) in [6.45, 7) is 1.97. The summed E-state index contributed by atoms with van der Waals surface area (Å²) in [5, 5.41) is 13.2. The van der Waals surface area contributed by atoms with Gasteiger partial charge in [-0.3, -0.25) is 14.9 Å². The van der Waals surface area contributed by atoms with Gasteiger partial charge in [0.1, 0.15) is 5.75 Å². The number of carbonyl (C=O) groups is 2. The Bertz CT molecular complexity index is 896. The van der Waals surface area contributed by atoms with Crippen LogP contribution in [0.4, 0.5) is 11.4 Å². The van der Waals surface area contributed by atoms with Crippen LogP contribution < -0.4 is 10.1 Å². The smallest absolute Gasteiger partial charge is 0.331 e. The van der Waals surface area contributed by atoms with Crippen molar-refractivity contribution in [2.45, 2.75) is 6.92 Å². The molecule has 8 nitrogen and oxygen atoms in total. The Hall–Kier alpha value is -3.20. The Balaban J connectivity index is 1.83. The molecule has 0 radical (unpaired) electrons. The summed E-state index contributed by atoms with van der Waals surface area (Å²) in [5.74, 6) is -0.513. The summed E-state index contributed by atoms with van der Waals surface area (Å²) in [7, 11) is 0. The fraction of sp³-hybridized carbons (Fsp3) is 0.158. The highest BCUT2D eigenvalue weighted by molar-refractivity contribution is 9.10. The number of ether oxygens (including phenoxy) is 2. The molecule has 0 saturated carbocycles. The number of carbonyl (C=O) groups excluding carboxylic acids is 2. The largest absolute Gasteiger partial charge is 0.494 e. The molecule has 0 aliphatic rings. The van der Waals surface area contributed by atoms with E-state index in [1.54, 1.807) is 30.3 Å². The molecule has 0 atom stereocenters. The number of hydrogen-bond donors (Lipinski definition) is 1. The molecular weight excluding hydrogens is 432 g/mol. The zero-order valence-corrected chi connectivity index (χ0v) is 16.5. The molecule has 2 rings (SSSR count). The third-order valence-corrected chi connectivity index (χ3v) is 4.04. The maximum atomic E-state index is 11.9. The molecule has 28 heavy (non-hydrogen) atoms. The van der Waals surface area contributed by atoms with Crippen molar-refractivity contribution in [2.24, 2.45) is 0 Å². The van der Waals surface area contributed by atoms with Crippen LogP contribution in [0.15, 0.2) is 53.0 Å². The van der Waals surface area contributed by atoms with E-state index in [1.807, 2.05) is 6.92 Å². The van der Waals surface area contributed by atoms with E-state index in [0.717, 1.165) is 11.3 Å². The summed E-state index contributed by atoms with van der Waals surface area (Å²) < 4.78 is 10.6. The summed E-state index contributed by atoms with van der Waals surface area (Å²) >= 11 is 3.14. The van der Waals surface area contributed by atoms with Crippen LogP contribution in [0, 0.1) is 10.1 Å². The number of non-ortho nitro benzene ring substituents is 1. The van der Waals surface area contributed by atoms with Crippen molar-refractivity contribution >= 4 is 45.3 Å². The first kappa shape index (κ1) is 21.1. The number of benzene rings is 2. The van der Waals surface area contributed by atoms with Gasteiger partial charge >= 0.3 is 5.97 Å². The van der Waals surface area contributed by atoms with Gasteiger partial charge in [0.25, 0.3) is 11.6 Å². The average Bonchev–Trinajstić information content (AvgIpc) is 2.67. The number of nitro groups is 1. The van der Waals surface area contributed by atoms with Crippen LogP contribution in [0.25, 0.3) is 6.08 Å². The van der Waals surface area contributed by atoms with Gasteiger partial charge in [0.05, 0.1) is 17.2 Å². The lowest BCUT2D eigenvalue weighted by atomic mass is 10.2. The first-order valence-corrected chi connectivity index (χ1v) is 9.00. The second-order valence-electron chi connectivity index (χ2n) is 5.41. The van der Waals surface area contributed by atoms with E-state index in [0.29, 0.717) is 16.8 Å². The van der Waals surface area contributed by atoms with Crippen LogP contribution in [0.3, 0.4) is 0 Å². The van der Waals surface area contributed by atoms with Crippen molar-refractivity contribution < 1.29 is 24.0 Å². The molecule has 1 N–H and O–H groups in total. The molecule has 1 amide bonds. The molecule has 0 aliphatic carbocycles. The van der Waals surface area contributed by atoms with Crippen LogP contribution in [0.2, 0.25) is 0 Å². The molecule has 2 aromatic carbocycles. The molecule has 9 heteroatoms. The fourth-order valence-corrected chi connectivity index (χ4v) is 2.56. The van der Waals surface area contributed by atoms with E-state index < -0.39 is 23.4 Å². The third-order valence-electron chi connectivity index (χ3n) is 3.39. The Morgan fingerprint density at radius 3 is 2.54 bits per heavy atom. The summed E-state index contributed by atoms with van der Waals surface area (Å²) in [5.41, 5.74) is 0.993. The van der Waals surface area contributed by atoms with Crippen molar-refractivity contribution in [2.75, 3.05) is 18.5 Å². The second-order valence-corrected chi connectivity index (χ2v) is 6.27. The monoisotopic (exact) mass is 448 g/mol. The molecule has 0 fully saturated rings. The van der Waals surface area contributed by atoms with E-state index in [2.05, 4.69) is 21.2 Å². The Morgan fingerprint density at radius 2 is 1.93 bits per heavy atom. The molecule has 2 aromatic rings. The van der Waals surface area contributed by atoms with Gasteiger partial charge in [-0.25, -0.2) is 4.79 Å². The maximum Gasteiger partial charge on any atom is 0.331 e. The minimum Gasteiger partial charge on any atom is -0.494 e. The van der Waals surface area contributed by atoms with Gasteiger partial charge in [0, 0.05) is 22.7 Å². The predicted octanol–water partition coefficient (Wildman–Crippen LogP) is 3.95. The van der Waals surface area contributed by atoms with E-state index >= 15 is 0 Å². The molecular formula is C19H17BrN2O6. The summed E-state index contributed by atoms with van der Waals surface area (Å²) in [6.07, 6.45) is 2.77. The minimum atomic E-state index is -0.674. The van der Waals surface area contributed by atoms with E-state index in [-0.39, 0.29) is 5.69 Å². The molecule has 0 aliphatic heterocycles. The van der Waals surface area contributed by atoms with E-state index in [4.69, 9.17) is 9.47 Å². The topological polar surface area (TPSA) is 108 Å². The number of rotatable bonds is 8. The van der Waals surface area contributed by atoms with Crippen molar-refractivity contribution in [1.82, 2.24) is 0 Å². The SMILES string of the molecule is CCOc1ccc(/C=C/C(=O)OCC(=O)Nc2ccc([N+](=O)[O-])cc2Br)cc1. The number of nitro benzene ring substituents is 1. The Kier molecular flexibility index (Phi) is 7.70. The first-order valence-electron chi connectivity index (χ1n) is 8.20. The molecule has 0 aromatic heterocycles. The van der Waals surface area contributed by atoms with E-state index in [1.165, 1.54) is 24.3 Å². The van der Waals surface area contributed by atoms with Crippen molar-refractivity contribution in [1.29, 1.82) is 0 Å². The molecule has 146 valence electrons. The molecule has 0 bridgehead atoms. The minimum absolute atomic E-state index is 0.115. The van der Waals surface area contributed by atoms with Gasteiger partial charge in [-0.2, -0.15) is 0 Å². The van der Waals surface area contributed by atoms with Gasteiger partial charge < -0.3 is 14.8 Å². The van der Waals surface area contributed by atoms with Crippen LogP contribution in [0.1, 0.15) is 12.5 Å². The zero-order valence-electron chi connectivity index (χ0n) is 14.9. The number of anilines is 1. The summed E-state index contributed by atoms with van der Waals surface area (Å²) in [6, 6.07) is 11.0. The average molecular weight is 449 g/mol. The number of nitrogens with zero attached hydrogens (tertiary/aromatic N) is 1. The molecule has 0 heterocycles. The number of nitrogens with one attached hydrogen (secondary N) is 1. The normalized spacial score (nSPS) is 10.5. The summed E-state index contributed by atoms with van der Waals surface area (Å²) in [4.78, 5) is 33.8. The Labute approximate surface area is 169 Å². The van der Waals surface area contributed by atoms with Gasteiger partial charge in [-0.15, -0.1) is 0 Å². The number of esters is 1. The van der Waals surface area contributed by atoms with Crippen LogP contribution in [0.5, 0.6) is 5.75 Å². The highest BCUT2D eigenvalue weighted by Gasteiger charge is 2.12. The lowest BCUT2D eigenvalue weighted by Gasteiger charge is -2.07. The zero-order chi connectivity index (χ0) is 20.5. The predicted molar refractivity (Wildman–Crippen MR) is 107 cm³/mol. The molecule has 0 saturated heterocycles. The van der Waals surface area contributed by atoms with Gasteiger partial charge in [-0.05, 0) is 52.7 Å². The highest BCUT2D eigenvalue weighted by Crippen LogP contribution is 2.27. The van der Waals surface area contributed by atoms with Crippen LogP contribution >= 0.6 is 15.9 Å². The van der Waals surface area contributed by atoms with Crippen molar-refractivity contribution in [3.05, 3.63) is 68.7 Å². The van der Waals surface area contributed by atoms with Gasteiger partial charge in [-0.1, -0.05) is 12.1 Å². The lowest BCUT2D eigenvalue weighted by molar-refractivity contribution is -0.384. The standard InChI is InChI=1S/C19H17BrN2O6/c1-2-27-15-7-3-13(4-8-15)5-10-19(24)28-12-18(23)21-17-9-6-14(22(25)26)11-16(17)20/h3-11H,2,12H2,1H3,(H,21,23)/b10-5+. The van der Waals surface area contributed by atoms with Crippen molar-refractivity contribution in [3.8, 4) is 5.75 Å². The van der Waals surface area contributed by atoms with Crippen LogP contribution in [-0.2, 0) is 14.3 Å². The second kappa shape index (κ2) is 10.2. The lowest BCUT2D eigenvalue weighted by Crippen LogP contribution is -2.20. The molecule has 0 spiro atoms. The number of amides is 1. The van der Waals surface area contributed by atoms with Gasteiger partial charge in [0.15, 0.2) is 6.61 Å². The van der Waals surface area contributed by atoms with Gasteiger partial charge in [0.2, 0.25) is 0 Å². The Morgan fingerprint density at radius 1 is 1.21 bits per heavy atom. The van der Waals surface area contributed by atoms with Crippen LogP contribution in [-0.4, -0.2) is 30.0 Å². The first-order chi connectivity index (χ1) is 13.4. The maximum absolute atomic E-state index is 11.9. The number of halogens is 1. The molecule has 0 unspecified atom stereocenters. The quantitative estimate of drug-likeness (QED) is 0.283. The fourth-order valence-electron chi connectivity index (χ4n) is 2.10. The van der Waals surface area contributed by atoms with E-state index in [9.17, 15) is 19.7 Å².